The van der Waals surface area contributed by atoms with Gasteiger partial charge in [-0.1, -0.05) is 32.4 Å². The highest BCUT2D eigenvalue weighted by Crippen LogP contribution is 2.22. The van der Waals surface area contributed by atoms with Crippen molar-refractivity contribution in [3.05, 3.63) is 56.2 Å². The highest BCUT2D eigenvalue weighted by molar-refractivity contribution is 7.19. The number of hydrogen-bond donors (Lipinski definition) is 2. The lowest BCUT2D eigenvalue weighted by Gasteiger charge is -2.24. The topological polar surface area (TPSA) is 140 Å². The third-order valence-corrected chi connectivity index (χ3v) is 5.98. The molecule has 0 fully saturated rings. The maximum Gasteiger partial charge on any atom is 0.331 e. The molecule has 2 aromatic heterocycles. The zero-order valence-corrected chi connectivity index (χ0v) is 19.9. The van der Waals surface area contributed by atoms with Crippen LogP contribution in [0, 0.1) is 0 Å². The molecular formula is C23H27N5O5S. The molecule has 0 saturated carbocycles. The number of nitrogen functional groups attached to an aromatic ring is 1. The number of carbonyl (C=O) groups excluding carboxylic acids is 2. The lowest BCUT2D eigenvalue weighted by Crippen LogP contribution is -2.43. The van der Waals surface area contributed by atoms with Crippen LogP contribution < -0.4 is 21.9 Å². The molecule has 2 heterocycles. The normalized spacial score (nSPS) is 11.2. The third kappa shape index (κ3) is 5.79. The van der Waals surface area contributed by atoms with Crippen molar-refractivity contribution in [2.45, 2.75) is 39.7 Å². The summed E-state index contributed by atoms with van der Waals surface area (Å²) in [4.78, 5) is 57.5. The van der Waals surface area contributed by atoms with Gasteiger partial charge in [-0.15, -0.1) is 11.3 Å². The number of esters is 1. The molecule has 0 saturated heterocycles. The molecule has 0 aliphatic heterocycles. The number of rotatable bonds is 10. The van der Waals surface area contributed by atoms with Gasteiger partial charge >= 0.3 is 11.7 Å². The summed E-state index contributed by atoms with van der Waals surface area (Å²) in [7, 11) is 0. The number of unbranched alkanes of at least 4 members (excludes halogenated alkanes) is 1. The molecule has 0 spiro atoms. The smallest absolute Gasteiger partial charge is 0.331 e. The molecular weight excluding hydrogens is 458 g/mol. The maximum absolute atomic E-state index is 12.9. The zero-order chi connectivity index (χ0) is 24.7. The summed E-state index contributed by atoms with van der Waals surface area (Å²) in [5, 5.41) is 0.631. The quantitative estimate of drug-likeness (QED) is 0.332. The van der Waals surface area contributed by atoms with Gasteiger partial charge in [0, 0.05) is 19.2 Å². The van der Waals surface area contributed by atoms with E-state index in [2.05, 4.69) is 9.97 Å². The Morgan fingerprint density at radius 1 is 1.24 bits per heavy atom. The van der Waals surface area contributed by atoms with Crippen molar-refractivity contribution in [2.24, 2.45) is 0 Å². The van der Waals surface area contributed by atoms with E-state index in [1.54, 1.807) is 0 Å². The Morgan fingerprint density at radius 2 is 2.00 bits per heavy atom. The van der Waals surface area contributed by atoms with Crippen molar-refractivity contribution in [2.75, 3.05) is 23.8 Å². The van der Waals surface area contributed by atoms with Crippen LogP contribution in [0.5, 0.6) is 0 Å². The first-order valence-electron chi connectivity index (χ1n) is 11.0. The predicted octanol–water partition coefficient (Wildman–Crippen LogP) is 2.53. The molecule has 11 heteroatoms. The number of carbonyl (C=O) groups is 2. The average molecular weight is 486 g/mol. The largest absolute Gasteiger partial charge is 0.452 e. The number of amides is 1. The SMILES string of the molecule is CCCCN(C(=O)COC(=O)C=Cc1nc2ccccc2s1)c1c(N)n(CCC)c(=O)[nH]c1=O. The van der Waals surface area contributed by atoms with E-state index in [4.69, 9.17) is 10.5 Å². The molecule has 0 bridgehead atoms. The number of thiazole rings is 1. The molecule has 180 valence electrons. The molecule has 10 nitrogen and oxygen atoms in total. The number of aromatic amines is 1. The fraction of sp³-hybridized carbons (Fsp3) is 0.348. The van der Waals surface area contributed by atoms with Gasteiger partial charge in [-0.2, -0.15) is 0 Å². The minimum absolute atomic E-state index is 0.0953. The number of fused-ring (bicyclic) bond motifs is 1. The number of anilines is 2. The van der Waals surface area contributed by atoms with Gasteiger partial charge in [-0.3, -0.25) is 19.1 Å². The number of para-hydroxylation sites is 1. The lowest BCUT2D eigenvalue weighted by molar-refractivity contribution is -0.142. The number of nitrogens with one attached hydrogen (secondary N) is 1. The summed E-state index contributed by atoms with van der Waals surface area (Å²) in [5.41, 5.74) is 5.42. The Hall–Kier alpha value is -3.73. The van der Waals surface area contributed by atoms with E-state index < -0.39 is 29.7 Å². The summed E-state index contributed by atoms with van der Waals surface area (Å²) in [6, 6.07) is 7.60. The molecule has 3 aromatic rings. The Bertz CT molecular complexity index is 1290. The van der Waals surface area contributed by atoms with Crippen LogP contribution in [0.1, 0.15) is 38.1 Å². The number of nitrogens with two attached hydrogens (primary N) is 1. The number of aromatic nitrogens is 3. The van der Waals surface area contributed by atoms with Crippen molar-refractivity contribution >= 4 is 51.0 Å². The van der Waals surface area contributed by atoms with Crippen molar-refractivity contribution in [1.82, 2.24) is 14.5 Å². The van der Waals surface area contributed by atoms with Gasteiger partial charge in [-0.25, -0.2) is 14.6 Å². The van der Waals surface area contributed by atoms with Crippen LogP contribution in [0.3, 0.4) is 0 Å². The van der Waals surface area contributed by atoms with Crippen LogP contribution in [-0.4, -0.2) is 39.6 Å². The monoisotopic (exact) mass is 485 g/mol. The van der Waals surface area contributed by atoms with Gasteiger partial charge < -0.3 is 15.4 Å². The van der Waals surface area contributed by atoms with E-state index in [1.165, 1.54) is 33.0 Å². The van der Waals surface area contributed by atoms with Crippen LogP contribution >= 0.6 is 11.3 Å². The highest BCUT2D eigenvalue weighted by Gasteiger charge is 2.24. The first kappa shape index (κ1) is 24.9. The fourth-order valence-electron chi connectivity index (χ4n) is 3.32. The summed E-state index contributed by atoms with van der Waals surface area (Å²) in [6.45, 7) is 3.68. The Morgan fingerprint density at radius 3 is 2.71 bits per heavy atom. The van der Waals surface area contributed by atoms with Gasteiger partial charge in [0.1, 0.15) is 10.8 Å². The Balaban J connectivity index is 1.74. The minimum atomic E-state index is -0.763. The van der Waals surface area contributed by atoms with E-state index in [0.717, 1.165) is 16.6 Å². The summed E-state index contributed by atoms with van der Waals surface area (Å²) in [5.74, 6) is -1.43. The number of nitrogens with zero attached hydrogens (tertiary/aromatic N) is 3. The molecule has 0 aliphatic rings. The second-order valence-corrected chi connectivity index (χ2v) is 8.57. The van der Waals surface area contributed by atoms with E-state index in [9.17, 15) is 19.2 Å². The van der Waals surface area contributed by atoms with Gasteiger partial charge in [0.15, 0.2) is 12.3 Å². The zero-order valence-electron chi connectivity index (χ0n) is 19.1. The first-order valence-corrected chi connectivity index (χ1v) is 11.8. The predicted molar refractivity (Wildman–Crippen MR) is 133 cm³/mol. The second-order valence-electron chi connectivity index (χ2n) is 7.50. The second kappa shape index (κ2) is 11.4. The van der Waals surface area contributed by atoms with Crippen LogP contribution in [0.25, 0.3) is 16.3 Å². The average Bonchev–Trinajstić information content (AvgIpc) is 3.24. The van der Waals surface area contributed by atoms with Crippen LogP contribution in [0.4, 0.5) is 11.5 Å². The molecule has 1 amide bonds. The van der Waals surface area contributed by atoms with Crippen LogP contribution in [-0.2, 0) is 20.9 Å². The highest BCUT2D eigenvalue weighted by atomic mass is 32.1. The van der Waals surface area contributed by atoms with E-state index in [0.29, 0.717) is 17.8 Å². The summed E-state index contributed by atoms with van der Waals surface area (Å²) < 4.78 is 7.31. The van der Waals surface area contributed by atoms with Crippen molar-refractivity contribution in [3.8, 4) is 0 Å². The van der Waals surface area contributed by atoms with Crippen LogP contribution in [0.2, 0.25) is 0 Å². The van der Waals surface area contributed by atoms with Gasteiger partial charge in [0.25, 0.3) is 11.5 Å². The standard InChI is InChI=1S/C23H27N5O5S/c1-3-5-13-27(20-21(24)28(12-4-2)23(32)26-22(20)31)18(29)14-33-19(30)11-10-17-25-15-8-6-7-9-16(15)34-17/h6-11H,3-5,12-14,24H2,1-2H3,(H,26,31,32). The lowest BCUT2D eigenvalue weighted by atomic mass is 10.2. The number of benzene rings is 1. The van der Waals surface area contributed by atoms with Gasteiger partial charge in [0.05, 0.1) is 10.2 Å². The van der Waals surface area contributed by atoms with E-state index in [1.807, 2.05) is 38.1 Å². The number of hydrogen-bond acceptors (Lipinski definition) is 8. The van der Waals surface area contributed by atoms with E-state index in [-0.39, 0.29) is 24.6 Å². The molecule has 0 radical (unpaired) electrons. The van der Waals surface area contributed by atoms with Gasteiger partial charge in [0.2, 0.25) is 0 Å². The van der Waals surface area contributed by atoms with Crippen molar-refractivity contribution < 1.29 is 14.3 Å². The summed E-state index contributed by atoms with van der Waals surface area (Å²) >= 11 is 1.42. The Labute approximate surface area is 199 Å². The Kier molecular flexibility index (Phi) is 8.36. The first-order chi connectivity index (χ1) is 16.3. The minimum Gasteiger partial charge on any atom is -0.452 e. The number of H-pyrrole nitrogens is 1. The van der Waals surface area contributed by atoms with Crippen LogP contribution in [0.15, 0.2) is 39.9 Å². The molecule has 3 rings (SSSR count). The fourth-order valence-corrected chi connectivity index (χ4v) is 4.19. The van der Waals surface area contributed by atoms with E-state index >= 15 is 0 Å². The molecule has 34 heavy (non-hydrogen) atoms. The van der Waals surface area contributed by atoms with Gasteiger partial charge in [-0.05, 0) is 31.1 Å². The van der Waals surface area contributed by atoms with Crippen molar-refractivity contribution in [3.63, 3.8) is 0 Å². The molecule has 1 aromatic carbocycles. The third-order valence-electron chi connectivity index (χ3n) is 4.98. The van der Waals surface area contributed by atoms with Crippen molar-refractivity contribution in [1.29, 1.82) is 0 Å². The molecule has 0 atom stereocenters. The molecule has 0 unspecified atom stereocenters. The summed E-state index contributed by atoms with van der Waals surface area (Å²) in [6.07, 6.45) is 4.67. The number of ether oxygens (including phenoxy) is 1. The maximum atomic E-state index is 12.9. The molecule has 3 N–H and O–H groups in total. The molecule has 0 aliphatic carbocycles.